The van der Waals surface area contributed by atoms with E-state index in [1.165, 1.54) is 276 Å². The Kier molecular flexibility index (Phi) is 68.1. The summed E-state index contributed by atoms with van der Waals surface area (Å²) in [5.41, 5.74) is 0. The molecule has 7 atom stereocenters. The Hall–Kier alpha value is -2.89. The molecule has 1 fully saturated rings. The zero-order chi connectivity index (χ0) is 67.1. The van der Waals surface area contributed by atoms with Crippen molar-refractivity contribution >= 4 is 5.91 Å². The molecule has 0 aromatic rings. The van der Waals surface area contributed by atoms with Crippen LogP contribution in [0, 0.1) is 0 Å². The van der Waals surface area contributed by atoms with Crippen LogP contribution < -0.4 is 5.32 Å². The number of allylic oxidation sites excluding steroid dienone is 15. The second kappa shape index (κ2) is 71.9. The lowest BCUT2D eigenvalue weighted by Crippen LogP contribution is -2.60. The van der Waals surface area contributed by atoms with Crippen molar-refractivity contribution in [2.45, 2.75) is 416 Å². The smallest absolute Gasteiger partial charge is 0.220 e. The number of carbonyl (C=O) groups is 1. The van der Waals surface area contributed by atoms with Gasteiger partial charge in [0.25, 0.3) is 0 Å². The van der Waals surface area contributed by atoms with Crippen molar-refractivity contribution in [3.8, 4) is 0 Å². The van der Waals surface area contributed by atoms with Gasteiger partial charge in [0.2, 0.25) is 5.91 Å². The molecule has 0 aromatic carbocycles. The quantitative estimate of drug-likeness (QED) is 0.0261. The topological polar surface area (TPSA) is 149 Å². The van der Waals surface area contributed by atoms with Crippen LogP contribution >= 0.6 is 0 Å². The van der Waals surface area contributed by atoms with E-state index in [2.05, 4.69) is 104 Å². The molecule has 540 valence electrons. The second-order valence-electron chi connectivity index (χ2n) is 27.5. The summed E-state index contributed by atoms with van der Waals surface area (Å²) in [7, 11) is 0. The van der Waals surface area contributed by atoms with Crippen LogP contribution in [0.2, 0.25) is 0 Å². The molecule has 7 unspecified atom stereocenters. The van der Waals surface area contributed by atoms with Gasteiger partial charge in [0.05, 0.1) is 25.4 Å². The minimum Gasteiger partial charge on any atom is -0.394 e. The molecule has 0 radical (unpaired) electrons. The first kappa shape index (κ1) is 88.1. The molecule has 0 aromatic heterocycles. The van der Waals surface area contributed by atoms with Crippen LogP contribution in [-0.4, -0.2) is 87.5 Å². The lowest BCUT2D eigenvalue weighted by atomic mass is 9.99. The molecular formula is C84H151NO8. The van der Waals surface area contributed by atoms with E-state index in [0.29, 0.717) is 6.42 Å². The molecule has 9 nitrogen and oxygen atoms in total. The Morgan fingerprint density at radius 1 is 0.376 bits per heavy atom. The van der Waals surface area contributed by atoms with Crippen LogP contribution in [0.1, 0.15) is 373 Å². The fourth-order valence-corrected chi connectivity index (χ4v) is 12.5. The van der Waals surface area contributed by atoms with Gasteiger partial charge in [-0.25, -0.2) is 0 Å². The zero-order valence-corrected chi connectivity index (χ0v) is 60.8. The standard InChI is InChI=1S/C84H151NO8/c1-3-5-7-9-11-13-15-17-19-21-23-25-27-29-31-33-34-35-36-37-38-39-40-41-42-43-44-46-48-50-52-54-56-58-60-62-64-66-68-70-72-74-80(88)85-77(76-92-84-83(91)82(90)81(89)79(75-86)93-84)78(87)73-71-69-67-65-63-61-59-57-55-53-51-49-47-45-32-30-28-26-24-22-20-18-16-14-12-10-8-6-4-2/h5,7,11,13,17,19,23,25,29,31,34-35,63,65,71,73,77-79,81-84,86-87,89-91H,3-4,6,8-10,12,14-16,18,20-22,24,26-28,30,32-33,36-62,64,66-70,72,74-76H2,1-2H3,(H,85,88)/b7-5-,13-11-,19-17-,25-23-,31-29-,35-34-,65-63+,73-71+. The van der Waals surface area contributed by atoms with Gasteiger partial charge in [0.15, 0.2) is 6.29 Å². The van der Waals surface area contributed by atoms with Crippen LogP contribution in [0.15, 0.2) is 97.2 Å². The van der Waals surface area contributed by atoms with Crippen molar-refractivity contribution in [2.75, 3.05) is 13.2 Å². The van der Waals surface area contributed by atoms with Crippen molar-refractivity contribution in [1.82, 2.24) is 5.32 Å². The minimum absolute atomic E-state index is 0.181. The van der Waals surface area contributed by atoms with Gasteiger partial charge in [0, 0.05) is 6.42 Å². The van der Waals surface area contributed by atoms with Gasteiger partial charge in [-0.05, 0) is 83.5 Å². The zero-order valence-electron chi connectivity index (χ0n) is 60.8. The molecule has 93 heavy (non-hydrogen) atoms. The number of hydrogen-bond acceptors (Lipinski definition) is 8. The first-order valence-corrected chi connectivity index (χ1v) is 40.0. The molecule has 6 N–H and O–H groups in total. The van der Waals surface area contributed by atoms with Crippen molar-refractivity contribution < 1.29 is 39.8 Å². The molecule has 1 saturated heterocycles. The van der Waals surface area contributed by atoms with Crippen LogP contribution in [-0.2, 0) is 14.3 Å². The number of nitrogens with one attached hydrogen (secondary N) is 1. The number of carbonyl (C=O) groups excluding carboxylic acids is 1. The lowest BCUT2D eigenvalue weighted by Gasteiger charge is -2.40. The predicted octanol–water partition coefficient (Wildman–Crippen LogP) is 23.0. The van der Waals surface area contributed by atoms with E-state index in [0.717, 1.165) is 77.0 Å². The van der Waals surface area contributed by atoms with Gasteiger partial charge in [-0.3, -0.25) is 4.79 Å². The number of rotatable bonds is 70. The Morgan fingerprint density at radius 3 is 1.03 bits per heavy atom. The largest absolute Gasteiger partial charge is 0.394 e. The van der Waals surface area contributed by atoms with Crippen molar-refractivity contribution in [3.63, 3.8) is 0 Å². The summed E-state index contributed by atoms with van der Waals surface area (Å²) in [6, 6.07) is -0.826. The normalized spacial score (nSPS) is 18.1. The first-order valence-electron chi connectivity index (χ1n) is 40.0. The number of amides is 1. The third-order valence-electron chi connectivity index (χ3n) is 18.6. The number of ether oxygens (including phenoxy) is 2. The number of hydrogen-bond donors (Lipinski definition) is 6. The van der Waals surface area contributed by atoms with Crippen LogP contribution in [0.25, 0.3) is 0 Å². The predicted molar refractivity (Wildman–Crippen MR) is 401 cm³/mol. The number of unbranched alkanes of at least 4 members (excludes halogenated alkanes) is 46. The SMILES string of the molecule is CC/C=C\C/C=C\C/C=C\C/C=C\C/C=C\C/C=C\CCCCCCCCCCCCCCCCCCCCCCCCC(=O)NC(COC1OC(CO)C(O)C(O)C1O)C(O)/C=C/CC/C=C/CCCCCCCCCCCCCCCCCCCCCCCCC. The highest BCUT2D eigenvalue weighted by atomic mass is 16.7. The summed E-state index contributed by atoms with van der Waals surface area (Å²) in [5.74, 6) is -0.181. The highest BCUT2D eigenvalue weighted by molar-refractivity contribution is 5.76. The molecule has 1 heterocycles. The van der Waals surface area contributed by atoms with E-state index in [9.17, 15) is 30.3 Å². The van der Waals surface area contributed by atoms with Gasteiger partial charge in [-0.1, -0.05) is 381 Å². The molecule has 1 rings (SSSR count). The summed E-state index contributed by atoms with van der Waals surface area (Å²) in [5, 5.41) is 54.9. The Labute approximate surface area is 574 Å². The summed E-state index contributed by atoms with van der Waals surface area (Å²) < 4.78 is 11.3. The average Bonchev–Trinajstić information content (AvgIpc) is 1.00. The number of aliphatic hydroxyl groups is 5. The van der Waals surface area contributed by atoms with Crippen LogP contribution in [0.4, 0.5) is 0 Å². The molecule has 0 spiro atoms. The maximum Gasteiger partial charge on any atom is 0.220 e. The average molecular weight is 1300 g/mol. The highest BCUT2D eigenvalue weighted by Gasteiger charge is 2.44. The first-order chi connectivity index (χ1) is 45.8. The van der Waals surface area contributed by atoms with Crippen molar-refractivity contribution in [2.24, 2.45) is 0 Å². The van der Waals surface area contributed by atoms with Crippen molar-refractivity contribution in [3.05, 3.63) is 97.2 Å². The van der Waals surface area contributed by atoms with Gasteiger partial charge < -0.3 is 40.3 Å². The molecular weight excluding hydrogens is 1150 g/mol. The van der Waals surface area contributed by atoms with Crippen molar-refractivity contribution in [1.29, 1.82) is 0 Å². The van der Waals surface area contributed by atoms with Gasteiger partial charge >= 0.3 is 0 Å². The van der Waals surface area contributed by atoms with E-state index in [-0.39, 0.29) is 12.5 Å². The Bertz CT molecular complexity index is 1800. The van der Waals surface area contributed by atoms with E-state index in [4.69, 9.17) is 9.47 Å². The lowest BCUT2D eigenvalue weighted by molar-refractivity contribution is -0.302. The molecule has 0 aliphatic carbocycles. The van der Waals surface area contributed by atoms with E-state index < -0.39 is 49.5 Å². The molecule has 1 amide bonds. The monoisotopic (exact) mass is 1300 g/mol. The van der Waals surface area contributed by atoms with Crippen LogP contribution in [0.5, 0.6) is 0 Å². The second-order valence-corrected chi connectivity index (χ2v) is 27.5. The maximum absolute atomic E-state index is 13.2. The van der Waals surface area contributed by atoms with Crippen LogP contribution in [0.3, 0.4) is 0 Å². The van der Waals surface area contributed by atoms with E-state index >= 15 is 0 Å². The third kappa shape index (κ3) is 60.1. The van der Waals surface area contributed by atoms with E-state index in [1.54, 1.807) is 6.08 Å². The fourth-order valence-electron chi connectivity index (χ4n) is 12.5. The maximum atomic E-state index is 13.2. The summed E-state index contributed by atoms with van der Waals surface area (Å²) in [4.78, 5) is 13.2. The molecule has 1 aliphatic rings. The number of aliphatic hydroxyl groups excluding tert-OH is 5. The van der Waals surface area contributed by atoms with Gasteiger partial charge in [-0.2, -0.15) is 0 Å². The summed E-state index contributed by atoms with van der Waals surface area (Å²) in [6.07, 6.45) is 98.4. The minimum atomic E-state index is -1.58. The highest BCUT2D eigenvalue weighted by Crippen LogP contribution is 2.24. The van der Waals surface area contributed by atoms with Gasteiger partial charge in [-0.15, -0.1) is 0 Å². The molecule has 0 saturated carbocycles. The molecule has 1 aliphatic heterocycles. The molecule has 9 heteroatoms. The summed E-state index contributed by atoms with van der Waals surface area (Å²) in [6.45, 7) is 3.70. The van der Waals surface area contributed by atoms with E-state index in [1.807, 2.05) is 6.08 Å². The third-order valence-corrected chi connectivity index (χ3v) is 18.6. The van der Waals surface area contributed by atoms with Gasteiger partial charge in [0.1, 0.15) is 24.4 Å². The Morgan fingerprint density at radius 2 is 0.677 bits per heavy atom. The fraction of sp³-hybridized carbons (Fsp3) is 0.798. The Balaban J connectivity index is 2.07. The molecule has 0 bridgehead atoms. The summed E-state index contributed by atoms with van der Waals surface area (Å²) >= 11 is 0.